The Morgan fingerprint density at radius 1 is 0.484 bits per heavy atom. The number of hydrogen-bond donors (Lipinski definition) is 1. The second-order valence-electron chi connectivity index (χ2n) is 9.83. The van der Waals surface area contributed by atoms with Crippen LogP contribution in [0.15, 0.2) is 0 Å². The average Bonchev–Trinajstić information content (AvgIpc) is 2.73. The van der Waals surface area contributed by atoms with Crippen molar-refractivity contribution in [2.75, 3.05) is 31.9 Å². The molecular weight excluding hydrogens is 406 g/mol. The zero-order valence-corrected chi connectivity index (χ0v) is 22.2. The molecule has 1 N–H and O–H groups in total. The first-order valence-electron chi connectivity index (χ1n) is 13.7. The van der Waals surface area contributed by atoms with Crippen molar-refractivity contribution in [3.05, 3.63) is 0 Å². The van der Waals surface area contributed by atoms with Gasteiger partial charge in [0.05, 0.1) is 26.2 Å². The number of nitrogens with zero attached hydrogens (tertiary/aromatic N) is 1. The normalized spacial score (nSPS) is 12.5. The van der Waals surface area contributed by atoms with E-state index in [9.17, 15) is 13.0 Å². The molecule has 5 heteroatoms. The fourth-order valence-corrected chi connectivity index (χ4v) is 5.28. The van der Waals surface area contributed by atoms with Crippen molar-refractivity contribution in [3.8, 4) is 0 Å². The molecule has 0 aliphatic rings. The summed E-state index contributed by atoms with van der Waals surface area (Å²) in [4.78, 5) is 0. The van der Waals surface area contributed by atoms with Crippen molar-refractivity contribution in [2.45, 2.75) is 136 Å². The number of hydrogen-bond acceptors (Lipinski definition) is 2. The molecule has 0 spiro atoms. The molecule has 31 heavy (non-hydrogen) atoms. The van der Waals surface area contributed by atoms with Crippen molar-refractivity contribution >= 4 is 10.1 Å². The van der Waals surface area contributed by atoms with E-state index in [0.717, 1.165) is 24.1 Å². The highest BCUT2D eigenvalue weighted by atomic mass is 32.2. The molecular formula is C26H56NO3S+. The molecule has 0 aromatic rings. The second kappa shape index (κ2) is 20.5. The van der Waals surface area contributed by atoms with Crippen LogP contribution in [-0.4, -0.2) is 49.4 Å². The van der Waals surface area contributed by atoms with Crippen LogP contribution < -0.4 is 0 Å². The summed E-state index contributed by atoms with van der Waals surface area (Å²) in [6, 6.07) is 0. The summed E-state index contributed by atoms with van der Waals surface area (Å²) in [6.07, 6.45) is 22.9. The van der Waals surface area contributed by atoms with Crippen molar-refractivity contribution in [1.29, 1.82) is 0 Å². The highest BCUT2D eigenvalue weighted by Gasteiger charge is 2.28. The molecule has 0 heterocycles. The minimum Gasteiger partial charge on any atom is -0.323 e. The summed E-state index contributed by atoms with van der Waals surface area (Å²) in [5, 5.41) is 0. The molecule has 0 fully saturated rings. The van der Waals surface area contributed by atoms with Crippen LogP contribution in [0.2, 0.25) is 0 Å². The lowest BCUT2D eigenvalue weighted by molar-refractivity contribution is -0.926. The van der Waals surface area contributed by atoms with Gasteiger partial charge in [0.25, 0.3) is 10.1 Å². The van der Waals surface area contributed by atoms with Gasteiger partial charge in [-0.2, -0.15) is 8.42 Å². The first-order valence-corrected chi connectivity index (χ1v) is 15.3. The molecule has 0 atom stereocenters. The molecule has 0 rings (SSSR count). The summed E-state index contributed by atoms with van der Waals surface area (Å²) < 4.78 is 33.5. The van der Waals surface area contributed by atoms with E-state index >= 15 is 0 Å². The van der Waals surface area contributed by atoms with Crippen molar-refractivity contribution in [1.82, 2.24) is 0 Å². The van der Waals surface area contributed by atoms with Crippen LogP contribution in [-0.2, 0) is 10.1 Å². The lowest BCUT2D eigenvalue weighted by Gasteiger charge is -2.39. The van der Waals surface area contributed by atoms with Gasteiger partial charge in [0, 0.05) is 0 Å². The van der Waals surface area contributed by atoms with Gasteiger partial charge < -0.3 is 4.48 Å². The van der Waals surface area contributed by atoms with Gasteiger partial charge in [-0.1, -0.05) is 97.8 Å². The van der Waals surface area contributed by atoms with Crippen molar-refractivity contribution < 1.29 is 17.5 Å². The molecule has 0 aromatic carbocycles. The van der Waals surface area contributed by atoms with Gasteiger partial charge in [-0.05, 0) is 38.5 Å². The summed E-state index contributed by atoms with van der Waals surface area (Å²) in [6.45, 7) is 10.6. The predicted octanol–water partition coefficient (Wildman–Crippen LogP) is 7.77. The van der Waals surface area contributed by atoms with Crippen molar-refractivity contribution in [3.63, 3.8) is 0 Å². The van der Waals surface area contributed by atoms with Crippen molar-refractivity contribution in [2.24, 2.45) is 0 Å². The summed E-state index contributed by atoms with van der Waals surface area (Å²) >= 11 is 0. The van der Waals surface area contributed by atoms with Gasteiger partial charge in [-0.3, -0.25) is 4.55 Å². The van der Waals surface area contributed by atoms with Crippen LogP contribution in [0.1, 0.15) is 136 Å². The van der Waals surface area contributed by atoms with Crippen LogP contribution >= 0.6 is 0 Å². The third-order valence-electron chi connectivity index (χ3n) is 6.78. The maximum atomic E-state index is 11.6. The Balaban J connectivity index is 4.84. The number of unbranched alkanes of at least 4 members (excludes halogenated alkanes) is 15. The highest BCUT2D eigenvalue weighted by molar-refractivity contribution is 7.85. The molecule has 0 saturated heterocycles. The fourth-order valence-electron chi connectivity index (χ4n) is 4.66. The Labute approximate surface area is 195 Å². The monoisotopic (exact) mass is 462 g/mol. The molecule has 0 radical (unpaired) electrons. The van der Waals surface area contributed by atoms with Gasteiger partial charge in [-0.25, -0.2) is 0 Å². The second-order valence-corrected chi connectivity index (χ2v) is 11.4. The molecule has 0 saturated carbocycles. The van der Waals surface area contributed by atoms with E-state index in [4.69, 9.17) is 0 Å². The van der Waals surface area contributed by atoms with E-state index in [1.165, 1.54) is 116 Å². The Kier molecular flexibility index (Phi) is 20.4. The van der Waals surface area contributed by atoms with E-state index in [1.807, 2.05) is 0 Å². The third kappa shape index (κ3) is 20.2. The molecule has 0 aliphatic carbocycles. The SMILES string of the molecule is CCCCCCCC[N+](CCCCCCCC)(CCCCCCCC)CCS(=O)(=O)O. The van der Waals surface area contributed by atoms with Gasteiger partial charge in [0.15, 0.2) is 0 Å². The molecule has 0 unspecified atom stereocenters. The van der Waals surface area contributed by atoms with Gasteiger partial charge in [0.1, 0.15) is 5.75 Å². The molecule has 0 aromatic heterocycles. The quantitative estimate of drug-likeness (QED) is 0.0905. The standard InChI is InChI=1S/C26H55NO3S/c1-4-7-10-13-16-19-22-27(25-26-31(28,29)30,23-20-17-14-11-8-5-2)24-21-18-15-12-9-6-3/h4-26H2,1-3H3/p+1. The molecule has 4 nitrogen and oxygen atoms in total. The van der Waals surface area contributed by atoms with Gasteiger partial charge in [0.2, 0.25) is 0 Å². The minimum atomic E-state index is -3.90. The highest BCUT2D eigenvalue weighted by Crippen LogP contribution is 2.19. The lowest BCUT2D eigenvalue weighted by Crippen LogP contribution is -2.52. The average molecular weight is 463 g/mol. The summed E-state index contributed by atoms with van der Waals surface area (Å²) in [7, 11) is -3.90. The largest absolute Gasteiger partial charge is 0.323 e. The first kappa shape index (κ1) is 30.9. The van der Waals surface area contributed by atoms with E-state index in [0.29, 0.717) is 6.54 Å². The summed E-state index contributed by atoms with van der Waals surface area (Å²) in [5.74, 6) is -0.0888. The zero-order valence-electron chi connectivity index (χ0n) is 21.4. The van der Waals surface area contributed by atoms with Crippen LogP contribution in [0.4, 0.5) is 0 Å². The Morgan fingerprint density at radius 3 is 1.06 bits per heavy atom. The molecule has 0 aliphatic heterocycles. The Bertz CT molecular complexity index is 438. The maximum Gasteiger partial charge on any atom is 0.270 e. The smallest absolute Gasteiger partial charge is 0.270 e. The Hall–Kier alpha value is -0.130. The predicted molar refractivity (Wildman–Crippen MR) is 136 cm³/mol. The van der Waals surface area contributed by atoms with Crippen LogP contribution in [0.3, 0.4) is 0 Å². The molecule has 0 amide bonds. The number of rotatable bonds is 24. The van der Waals surface area contributed by atoms with Crippen LogP contribution in [0.5, 0.6) is 0 Å². The molecule has 188 valence electrons. The van der Waals surface area contributed by atoms with E-state index < -0.39 is 10.1 Å². The summed E-state index contributed by atoms with van der Waals surface area (Å²) in [5.41, 5.74) is 0. The third-order valence-corrected chi connectivity index (χ3v) is 7.48. The maximum absolute atomic E-state index is 11.6. The first-order chi connectivity index (χ1) is 14.9. The number of quaternary nitrogens is 1. The van der Waals surface area contributed by atoms with E-state index in [-0.39, 0.29) is 5.75 Å². The molecule has 0 bridgehead atoms. The van der Waals surface area contributed by atoms with E-state index in [1.54, 1.807) is 0 Å². The Morgan fingerprint density at radius 2 is 0.774 bits per heavy atom. The lowest BCUT2D eigenvalue weighted by atomic mass is 10.1. The fraction of sp³-hybridized carbons (Fsp3) is 1.00. The zero-order chi connectivity index (χ0) is 23.3. The van der Waals surface area contributed by atoms with E-state index in [2.05, 4.69) is 20.8 Å². The van der Waals surface area contributed by atoms with Crippen LogP contribution in [0.25, 0.3) is 0 Å². The topological polar surface area (TPSA) is 54.4 Å². The minimum absolute atomic E-state index is 0.0888. The van der Waals surface area contributed by atoms with Gasteiger partial charge >= 0.3 is 0 Å². The van der Waals surface area contributed by atoms with Gasteiger partial charge in [-0.15, -0.1) is 0 Å². The van der Waals surface area contributed by atoms with Crippen LogP contribution in [0, 0.1) is 0 Å².